The molecule has 1 saturated heterocycles. The van der Waals surface area contributed by atoms with E-state index >= 15 is 0 Å². The van der Waals surface area contributed by atoms with E-state index in [1.165, 1.54) is 4.70 Å². The number of benzene rings is 2. The molecule has 0 radical (unpaired) electrons. The molecule has 4 nitrogen and oxygen atoms in total. The summed E-state index contributed by atoms with van der Waals surface area (Å²) in [5.41, 5.74) is 1.77. The molecule has 0 saturated carbocycles. The Kier molecular flexibility index (Phi) is 4.70. The van der Waals surface area contributed by atoms with Crippen molar-refractivity contribution >= 4 is 44.7 Å². The zero-order valence-corrected chi connectivity index (χ0v) is 15.2. The van der Waals surface area contributed by atoms with E-state index in [9.17, 15) is 4.79 Å². The largest absolute Gasteiger partial charge is 0.325 e. The number of carbonyl (C=O) groups is 1. The molecule has 4 rings (SSSR count). The summed E-state index contributed by atoms with van der Waals surface area (Å²) in [5, 5.41) is 4.65. The molecule has 1 aliphatic rings. The number of rotatable bonds is 4. The number of likely N-dealkylation sites (tertiary alicyclic amines) is 1. The van der Waals surface area contributed by atoms with Gasteiger partial charge in [-0.1, -0.05) is 29.8 Å². The molecular formula is C19H18ClN3OS. The highest BCUT2D eigenvalue weighted by Gasteiger charge is 2.30. The minimum atomic E-state index is -0.0183. The number of anilines is 1. The van der Waals surface area contributed by atoms with Crippen LogP contribution in [-0.4, -0.2) is 28.9 Å². The number of nitrogens with one attached hydrogen (secondary N) is 1. The SMILES string of the molecule is O=C(CN1CCC[C@H]1c1nc2ccccc2s1)Nc1cccc(Cl)c1. The van der Waals surface area contributed by atoms with E-state index in [0.29, 0.717) is 11.6 Å². The molecule has 128 valence electrons. The summed E-state index contributed by atoms with van der Waals surface area (Å²) < 4.78 is 1.20. The lowest BCUT2D eigenvalue weighted by Crippen LogP contribution is -2.32. The Hall–Kier alpha value is -1.95. The lowest BCUT2D eigenvalue weighted by atomic mass is 10.2. The van der Waals surface area contributed by atoms with Gasteiger partial charge in [0.1, 0.15) is 5.01 Å². The minimum absolute atomic E-state index is 0.0183. The third kappa shape index (κ3) is 3.68. The van der Waals surface area contributed by atoms with Gasteiger partial charge in [0.2, 0.25) is 5.91 Å². The second-order valence-electron chi connectivity index (χ2n) is 6.21. The molecule has 2 heterocycles. The minimum Gasteiger partial charge on any atom is -0.325 e. The molecule has 0 aliphatic carbocycles. The Balaban J connectivity index is 1.46. The maximum Gasteiger partial charge on any atom is 0.238 e. The number of carbonyl (C=O) groups excluding carboxylic acids is 1. The molecule has 3 aromatic rings. The second-order valence-corrected chi connectivity index (χ2v) is 7.71. The van der Waals surface area contributed by atoms with Gasteiger partial charge >= 0.3 is 0 Å². The summed E-state index contributed by atoms with van der Waals surface area (Å²) in [6.45, 7) is 1.29. The van der Waals surface area contributed by atoms with Gasteiger partial charge in [0.25, 0.3) is 0 Å². The van der Waals surface area contributed by atoms with Crippen molar-refractivity contribution in [3.8, 4) is 0 Å². The van der Waals surface area contributed by atoms with Crippen LogP contribution < -0.4 is 5.32 Å². The summed E-state index contributed by atoms with van der Waals surface area (Å²) >= 11 is 7.70. The molecule has 1 aromatic heterocycles. The molecule has 0 unspecified atom stereocenters. The average Bonchev–Trinajstić information content (AvgIpc) is 3.20. The van der Waals surface area contributed by atoms with Crippen LogP contribution in [-0.2, 0) is 4.79 Å². The zero-order valence-electron chi connectivity index (χ0n) is 13.6. The third-order valence-electron chi connectivity index (χ3n) is 4.41. The van der Waals surface area contributed by atoms with E-state index in [4.69, 9.17) is 16.6 Å². The Morgan fingerprint density at radius 3 is 3.00 bits per heavy atom. The van der Waals surface area contributed by atoms with E-state index in [-0.39, 0.29) is 11.9 Å². The van der Waals surface area contributed by atoms with Crippen molar-refractivity contribution in [1.29, 1.82) is 0 Å². The number of halogens is 1. The first-order valence-electron chi connectivity index (χ1n) is 8.34. The number of para-hydroxylation sites is 1. The van der Waals surface area contributed by atoms with Crippen LogP contribution in [0.25, 0.3) is 10.2 Å². The maximum absolute atomic E-state index is 12.4. The molecule has 6 heteroatoms. The highest BCUT2D eigenvalue weighted by Crippen LogP contribution is 2.36. The van der Waals surface area contributed by atoms with Gasteiger partial charge < -0.3 is 5.32 Å². The van der Waals surface area contributed by atoms with Gasteiger partial charge in [-0.3, -0.25) is 9.69 Å². The summed E-state index contributed by atoms with van der Waals surface area (Å²) in [7, 11) is 0. The Morgan fingerprint density at radius 2 is 2.16 bits per heavy atom. The van der Waals surface area contributed by atoms with Gasteiger partial charge in [0.05, 0.1) is 22.8 Å². The molecule has 0 spiro atoms. The number of nitrogens with zero attached hydrogens (tertiary/aromatic N) is 2. The summed E-state index contributed by atoms with van der Waals surface area (Å²) in [4.78, 5) is 19.4. The van der Waals surface area contributed by atoms with Crippen molar-refractivity contribution in [1.82, 2.24) is 9.88 Å². The summed E-state index contributed by atoms with van der Waals surface area (Å²) in [6.07, 6.45) is 2.13. The van der Waals surface area contributed by atoms with Gasteiger partial charge in [-0.25, -0.2) is 4.98 Å². The number of hydrogen-bond donors (Lipinski definition) is 1. The van der Waals surface area contributed by atoms with Gasteiger partial charge in [-0.15, -0.1) is 11.3 Å². The number of thiazole rings is 1. The second kappa shape index (κ2) is 7.12. The first-order chi connectivity index (χ1) is 12.2. The normalized spacial score (nSPS) is 17.9. The van der Waals surface area contributed by atoms with Gasteiger partial charge in [0.15, 0.2) is 0 Å². The fraction of sp³-hybridized carbons (Fsp3) is 0.263. The molecule has 1 amide bonds. The summed E-state index contributed by atoms with van der Waals surface area (Å²) in [6, 6.07) is 15.6. The van der Waals surface area contributed by atoms with Crippen LogP contribution in [0.1, 0.15) is 23.9 Å². The Morgan fingerprint density at radius 1 is 1.28 bits per heavy atom. The molecule has 2 aromatic carbocycles. The van der Waals surface area contributed by atoms with E-state index in [0.717, 1.165) is 35.6 Å². The topological polar surface area (TPSA) is 45.2 Å². The first kappa shape index (κ1) is 16.5. The van der Waals surface area contributed by atoms with Crippen LogP contribution in [0, 0.1) is 0 Å². The molecule has 1 aliphatic heterocycles. The Labute approximate surface area is 155 Å². The van der Waals surface area contributed by atoms with E-state index in [1.807, 2.05) is 30.3 Å². The predicted octanol–water partition coefficient (Wildman–Crippen LogP) is 4.73. The molecule has 1 N–H and O–H groups in total. The highest BCUT2D eigenvalue weighted by molar-refractivity contribution is 7.18. The smallest absolute Gasteiger partial charge is 0.238 e. The van der Waals surface area contributed by atoms with Crippen LogP contribution in [0.3, 0.4) is 0 Å². The molecular weight excluding hydrogens is 354 g/mol. The van der Waals surface area contributed by atoms with Crippen molar-refractivity contribution in [3.05, 3.63) is 58.6 Å². The van der Waals surface area contributed by atoms with Crippen molar-refractivity contribution in [3.63, 3.8) is 0 Å². The highest BCUT2D eigenvalue weighted by atomic mass is 35.5. The number of fused-ring (bicyclic) bond motifs is 1. The average molecular weight is 372 g/mol. The van der Waals surface area contributed by atoms with Gasteiger partial charge in [0, 0.05) is 10.7 Å². The molecule has 25 heavy (non-hydrogen) atoms. The van der Waals surface area contributed by atoms with Crippen molar-refractivity contribution in [2.24, 2.45) is 0 Å². The maximum atomic E-state index is 12.4. The molecule has 1 fully saturated rings. The lowest BCUT2D eigenvalue weighted by molar-refractivity contribution is -0.117. The van der Waals surface area contributed by atoms with Crippen LogP contribution in [0.2, 0.25) is 5.02 Å². The van der Waals surface area contributed by atoms with Crippen LogP contribution in [0.15, 0.2) is 48.5 Å². The predicted molar refractivity (Wildman–Crippen MR) is 103 cm³/mol. The monoisotopic (exact) mass is 371 g/mol. The molecule has 1 atom stereocenters. The number of aromatic nitrogens is 1. The lowest BCUT2D eigenvalue weighted by Gasteiger charge is -2.22. The number of amides is 1. The fourth-order valence-corrected chi connectivity index (χ4v) is 4.61. The quantitative estimate of drug-likeness (QED) is 0.721. The van der Waals surface area contributed by atoms with Gasteiger partial charge in [-0.05, 0) is 49.7 Å². The van der Waals surface area contributed by atoms with E-state index in [2.05, 4.69) is 16.3 Å². The van der Waals surface area contributed by atoms with Crippen LogP contribution >= 0.6 is 22.9 Å². The fourth-order valence-electron chi connectivity index (χ4n) is 3.28. The third-order valence-corrected chi connectivity index (χ3v) is 5.79. The summed E-state index contributed by atoms with van der Waals surface area (Å²) in [5.74, 6) is -0.0183. The van der Waals surface area contributed by atoms with Crippen molar-refractivity contribution in [2.75, 3.05) is 18.4 Å². The molecule has 0 bridgehead atoms. The Bertz CT molecular complexity index is 877. The van der Waals surface area contributed by atoms with Gasteiger partial charge in [-0.2, -0.15) is 0 Å². The standard InChI is InChI=1S/C19H18ClN3OS/c20-13-5-3-6-14(11-13)21-18(24)12-23-10-4-8-16(23)19-22-15-7-1-2-9-17(15)25-19/h1-3,5-7,9,11,16H,4,8,10,12H2,(H,21,24)/t16-/m0/s1. The van der Waals surface area contributed by atoms with Crippen molar-refractivity contribution in [2.45, 2.75) is 18.9 Å². The van der Waals surface area contributed by atoms with Crippen LogP contribution in [0.5, 0.6) is 0 Å². The first-order valence-corrected chi connectivity index (χ1v) is 9.53. The van der Waals surface area contributed by atoms with E-state index < -0.39 is 0 Å². The van der Waals surface area contributed by atoms with Crippen molar-refractivity contribution < 1.29 is 4.79 Å². The number of hydrogen-bond acceptors (Lipinski definition) is 4. The van der Waals surface area contributed by atoms with Crippen LogP contribution in [0.4, 0.5) is 5.69 Å². The zero-order chi connectivity index (χ0) is 17.2. The van der Waals surface area contributed by atoms with E-state index in [1.54, 1.807) is 23.5 Å².